The maximum absolute atomic E-state index is 13.6. The summed E-state index contributed by atoms with van der Waals surface area (Å²) in [7, 11) is 0. The molecule has 4 heteroatoms. The molecule has 256 valence electrons. The number of carbonyl (C=O) groups excluding carboxylic acids is 2. The standard InChI is InChI=1S/C40H72O4/c1-27-19-21-31(33(29(27)3)17-13-23-39(5,6)7)25-43-37(41)35-15-11-12-16-36(35)38(42)44-26-32-22-20-28(2)30(4)34(32)18-14-24-40(8,9)10/h27-36H,11-26H2,1-10H3. The molecule has 0 bridgehead atoms. The Morgan fingerprint density at radius 2 is 0.932 bits per heavy atom. The highest BCUT2D eigenvalue weighted by Crippen LogP contribution is 2.44. The lowest BCUT2D eigenvalue weighted by molar-refractivity contribution is -0.166. The van der Waals surface area contributed by atoms with Crippen LogP contribution in [-0.2, 0) is 19.1 Å². The largest absolute Gasteiger partial charge is 0.465 e. The quantitative estimate of drug-likeness (QED) is 0.205. The van der Waals surface area contributed by atoms with Gasteiger partial charge in [0.15, 0.2) is 0 Å². The molecule has 4 nitrogen and oxygen atoms in total. The van der Waals surface area contributed by atoms with Crippen LogP contribution in [0.2, 0.25) is 0 Å². The molecule has 0 amide bonds. The van der Waals surface area contributed by atoms with E-state index in [9.17, 15) is 9.59 Å². The van der Waals surface area contributed by atoms with Crippen LogP contribution >= 0.6 is 0 Å². The molecule has 0 heterocycles. The Morgan fingerprint density at radius 3 is 1.27 bits per heavy atom. The molecule has 0 aromatic rings. The summed E-state index contributed by atoms with van der Waals surface area (Å²) in [6, 6.07) is 0. The van der Waals surface area contributed by atoms with Gasteiger partial charge in [0.2, 0.25) is 0 Å². The van der Waals surface area contributed by atoms with E-state index in [0.717, 1.165) is 50.4 Å². The van der Waals surface area contributed by atoms with E-state index in [1.165, 1.54) is 51.4 Å². The van der Waals surface area contributed by atoms with Gasteiger partial charge in [-0.1, -0.05) is 108 Å². The molecule has 44 heavy (non-hydrogen) atoms. The highest BCUT2D eigenvalue weighted by Gasteiger charge is 2.41. The predicted octanol–water partition coefficient (Wildman–Crippen LogP) is 10.9. The fraction of sp³-hybridized carbons (Fsp3) is 0.950. The summed E-state index contributed by atoms with van der Waals surface area (Å²) in [5.74, 6) is 3.89. The van der Waals surface area contributed by atoms with Crippen molar-refractivity contribution >= 4 is 11.9 Å². The van der Waals surface area contributed by atoms with E-state index in [1.54, 1.807) is 0 Å². The van der Waals surface area contributed by atoms with Gasteiger partial charge in [-0.15, -0.1) is 0 Å². The topological polar surface area (TPSA) is 52.6 Å². The molecule has 0 saturated heterocycles. The molecule has 3 aliphatic rings. The molecule has 0 aliphatic heterocycles. The van der Waals surface area contributed by atoms with E-state index in [2.05, 4.69) is 69.2 Å². The van der Waals surface area contributed by atoms with Crippen LogP contribution in [0, 0.1) is 70.0 Å². The fourth-order valence-electron chi connectivity index (χ4n) is 9.05. The Morgan fingerprint density at radius 1 is 0.568 bits per heavy atom. The molecular weight excluding hydrogens is 544 g/mol. The first-order chi connectivity index (χ1) is 20.6. The van der Waals surface area contributed by atoms with Gasteiger partial charge in [-0.25, -0.2) is 0 Å². The zero-order chi connectivity index (χ0) is 32.7. The predicted molar refractivity (Wildman–Crippen MR) is 183 cm³/mol. The lowest BCUT2D eigenvalue weighted by Crippen LogP contribution is -2.39. The van der Waals surface area contributed by atoms with Crippen molar-refractivity contribution in [3.63, 3.8) is 0 Å². The normalized spacial score (nSPS) is 35.2. The fourth-order valence-corrected chi connectivity index (χ4v) is 9.05. The molecule has 3 fully saturated rings. The number of hydrogen-bond donors (Lipinski definition) is 0. The Balaban J connectivity index is 1.56. The van der Waals surface area contributed by atoms with Crippen molar-refractivity contribution in [2.75, 3.05) is 13.2 Å². The summed E-state index contributed by atoms with van der Waals surface area (Å²) >= 11 is 0. The van der Waals surface area contributed by atoms with Crippen LogP contribution in [0.3, 0.4) is 0 Å². The monoisotopic (exact) mass is 617 g/mol. The summed E-state index contributed by atoms with van der Waals surface area (Å²) in [5.41, 5.74) is 0.716. The van der Waals surface area contributed by atoms with Crippen molar-refractivity contribution in [2.45, 2.75) is 159 Å². The van der Waals surface area contributed by atoms with Crippen molar-refractivity contribution < 1.29 is 19.1 Å². The van der Waals surface area contributed by atoms with Gasteiger partial charge in [-0.05, 0) is 110 Å². The Hall–Kier alpha value is -1.06. The molecule has 0 aromatic heterocycles. The lowest BCUT2D eigenvalue weighted by atomic mass is 9.66. The molecule has 10 atom stereocenters. The van der Waals surface area contributed by atoms with Crippen molar-refractivity contribution in [2.24, 2.45) is 70.0 Å². The van der Waals surface area contributed by atoms with Crippen LogP contribution in [0.4, 0.5) is 0 Å². The molecule has 0 spiro atoms. The number of hydrogen-bond acceptors (Lipinski definition) is 4. The van der Waals surface area contributed by atoms with E-state index >= 15 is 0 Å². The number of carbonyl (C=O) groups is 2. The van der Waals surface area contributed by atoms with Crippen molar-refractivity contribution in [1.82, 2.24) is 0 Å². The zero-order valence-electron chi connectivity index (χ0n) is 30.7. The van der Waals surface area contributed by atoms with Crippen LogP contribution in [0.5, 0.6) is 0 Å². The maximum atomic E-state index is 13.6. The molecule has 0 N–H and O–H groups in total. The van der Waals surface area contributed by atoms with Crippen molar-refractivity contribution in [3.8, 4) is 0 Å². The molecule has 3 rings (SSSR count). The number of ether oxygens (including phenoxy) is 2. The second-order valence-electron chi connectivity index (χ2n) is 18.3. The van der Waals surface area contributed by atoms with Crippen LogP contribution in [0.1, 0.15) is 159 Å². The Kier molecular flexibility index (Phi) is 14.2. The second kappa shape index (κ2) is 16.7. The minimum Gasteiger partial charge on any atom is -0.465 e. The van der Waals surface area contributed by atoms with Gasteiger partial charge >= 0.3 is 11.9 Å². The van der Waals surface area contributed by atoms with E-state index in [0.29, 0.717) is 59.6 Å². The summed E-state index contributed by atoms with van der Waals surface area (Å²) in [6.07, 6.45) is 15.6. The van der Waals surface area contributed by atoms with Crippen LogP contribution in [-0.4, -0.2) is 25.2 Å². The summed E-state index contributed by atoms with van der Waals surface area (Å²) in [5, 5.41) is 0. The summed E-state index contributed by atoms with van der Waals surface area (Å²) in [6.45, 7) is 24.6. The van der Waals surface area contributed by atoms with E-state index in [-0.39, 0.29) is 23.8 Å². The first kappa shape index (κ1) is 37.4. The third-order valence-electron chi connectivity index (χ3n) is 12.5. The second-order valence-corrected chi connectivity index (χ2v) is 18.3. The Bertz CT molecular complexity index is 809. The van der Waals surface area contributed by atoms with Crippen molar-refractivity contribution in [3.05, 3.63) is 0 Å². The van der Waals surface area contributed by atoms with Crippen molar-refractivity contribution in [1.29, 1.82) is 0 Å². The third kappa shape index (κ3) is 11.3. The van der Waals surface area contributed by atoms with Gasteiger partial charge < -0.3 is 9.47 Å². The third-order valence-corrected chi connectivity index (χ3v) is 12.5. The number of esters is 2. The highest BCUT2D eigenvalue weighted by atomic mass is 16.5. The maximum Gasteiger partial charge on any atom is 0.309 e. The zero-order valence-corrected chi connectivity index (χ0v) is 30.7. The average molecular weight is 617 g/mol. The van der Waals surface area contributed by atoms with Gasteiger partial charge in [0.25, 0.3) is 0 Å². The molecule has 0 radical (unpaired) electrons. The van der Waals surface area contributed by atoms with Crippen LogP contribution in [0.15, 0.2) is 0 Å². The first-order valence-corrected chi connectivity index (χ1v) is 18.9. The van der Waals surface area contributed by atoms with Gasteiger partial charge in [-0.2, -0.15) is 0 Å². The van der Waals surface area contributed by atoms with Gasteiger partial charge in [-0.3, -0.25) is 9.59 Å². The highest BCUT2D eigenvalue weighted by molar-refractivity contribution is 5.82. The molecule has 10 unspecified atom stereocenters. The Labute approximate surface area is 273 Å². The van der Waals surface area contributed by atoms with Gasteiger partial charge in [0.1, 0.15) is 0 Å². The lowest BCUT2D eigenvalue weighted by Gasteiger charge is -2.41. The summed E-state index contributed by atoms with van der Waals surface area (Å²) in [4.78, 5) is 27.1. The van der Waals surface area contributed by atoms with E-state index in [4.69, 9.17) is 9.47 Å². The smallest absolute Gasteiger partial charge is 0.309 e. The van der Waals surface area contributed by atoms with E-state index in [1.807, 2.05) is 0 Å². The van der Waals surface area contributed by atoms with Crippen LogP contribution in [0.25, 0.3) is 0 Å². The van der Waals surface area contributed by atoms with Gasteiger partial charge in [0, 0.05) is 0 Å². The molecular formula is C40H72O4. The minimum absolute atomic E-state index is 0.147. The SMILES string of the molecule is CC1CCC(COC(=O)C2CCCCC2C(=O)OCC2CCC(C)C(C)C2CCCC(C)(C)C)C(CCCC(C)(C)C)C1C. The molecule has 3 aliphatic carbocycles. The average Bonchev–Trinajstić information content (AvgIpc) is 2.95. The molecule has 3 saturated carbocycles. The van der Waals surface area contributed by atoms with Crippen LogP contribution < -0.4 is 0 Å². The number of rotatable bonds is 12. The van der Waals surface area contributed by atoms with E-state index < -0.39 is 0 Å². The van der Waals surface area contributed by atoms with Gasteiger partial charge in [0.05, 0.1) is 25.0 Å². The first-order valence-electron chi connectivity index (χ1n) is 18.9. The molecule has 0 aromatic carbocycles. The minimum atomic E-state index is -0.344. The summed E-state index contributed by atoms with van der Waals surface area (Å²) < 4.78 is 12.2.